The molecule has 1 aromatic carbocycles. The third kappa shape index (κ3) is 5.07. The van der Waals surface area contributed by atoms with Gasteiger partial charge in [0.05, 0.1) is 27.7 Å². The number of rotatable bonds is 7. The number of aromatic amines is 2. The lowest BCUT2D eigenvalue weighted by Gasteiger charge is -2.20. The molecule has 0 aliphatic rings. The molecule has 5 N–H and O–H groups in total. The lowest BCUT2D eigenvalue weighted by molar-refractivity contribution is -0.384. The van der Waals surface area contributed by atoms with Gasteiger partial charge in [-0.05, 0) is 13.8 Å². The predicted octanol–water partition coefficient (Wildman–Crippen LogP) is 0.102. The smallest absolute Gasteiger partial charge is 0.347 e. The van der Waals surface area contributed by atoms with Crippen molar-refractivity contribution < 1.29 is 24.1 Å². The van der Waals surface area contributed by atoms with E-state index in [1.165, 1.54) is 13.8 Å². The van der Waals surface area contributed by atoms with E-state index in [9.17, 15) is 34.3 Å². The maximum Gasteiger partial charge on any atom is 0.347 e. The van der Waals surface area contributed by atoms with Gasteiger partial charge in [-0.1, -0.05) is 0 Å². The normalized spacial score (nSPS) is 14.3. The molecule has 0 aliphatic heterocycles. The summed E-state index contributed by atoms with van der Waals surface area (Å²) in [4.78, 5) is 47.4. The highest BCUT2D eigenvalue weighted by atomic mass is 31.2. The van der Waals surface area contributed by atoms with Crippen LogP contribution in [0.25, 0.3) is 11.0 Å². The Balaban J connectivity index is 2.32. The summed E-state index contributed by atoms with van der Waals surface area (Å²) in [5.74, 6) is 0. The summed E-state index contributed by atoms with van der Waals surface area (Å²) >= 11 is 0. The first-order chi connectivity index (χ1) is 11.9. The highest BCUT2D eigenvalue weighted by Gasteiger charge is 2.29. The average molecular weight is 388 g/mol. The molecule has 0 aliphatic carbocycles. The minimum absolute atomic E-state index is 0.0178. The van der Waals surface area contributed by atoms with Crippen LogP contribution in [-0.2, 0) is 15.7 Å². The zero-order valence-electron chi connectivity index (χ0n) is 13.8. The molecule has 1 unspecified atom stereocenters. The summed E-state index contributed by atoms with van der Waals surface area (Å²) in [6.07, 6.45) is -0.549. The summed E-state index contributed by atoms with van der Waals surface area (Å²) < 4.78 is 16.5. The van der Waals surface area contributed by atoms with Crippen molar-refractivity contribution in [3.05, 3.63) is 48.5 Å². The zero-order chi connectivity index (χ0) is 19.7. The van der Waals surface area contributed by atoms with Crippen LogP contribution in [0, 0.1) is 10.1 Å². The number of hydroxylamine groups is 1. The van der Waals surface area contributed by atoms with Gasteiger partial charge in [0, 0.05) is 24.2 Å². The van der Waals surface area contributed by atoms with Crippen LogP contribution < -0.4 is 16.6 Å². The fourth-order valence-corrected chi connectivity index (χ4v) is 3.57. The molecule has 2 rings (SSSR count). The van der Waals surface area contributed by atoms with Crippen molar-refractivity contribution in [2.24, 2.45) is 0 Å². The SMILES string of the molecule is CC(C)(O)CP(=O)(O)ONCc1cc([N+](=O)[O-])cc2[nH]c(=O)c(=O)[nH]c12. The number of hydrogen-bond donors (Lipinski definition) is 5. The number of aromatic nitrogens is 2. The minimum atomic E-state index is -4.18. The van der Waals surface area contributed by atoms with Gasteiger partial charge in [0.25, 0.3) is 5.69 Å². The molecule has 0 saturated heterocycles. The number of nitro benzene ring substituents is 1. The van der Waals surface area contributed by atoms with E-state index < -0.39 is 35.4 Å². The van der Waals surface area contributed by atoms with Crippen LogP contribution in [0.1, 0.15) is 19.4 Å². The molecular formula is C13H17N4O8P. The van der Waals surface area contributed by atoms with E-state index in [4.69, 9.17) is 0 Å². The van der Waals surface area contributed by atoms with Crippen molar-refractivity contribution in [3.8, 4) is 0 Å². The Morgan fingerprint density at radius 3 is 2.50 bits per heavy atom. The van der Waals surface area contributed by atoms with Crippen molar-refractivity contribution in [3.63, 3.8) is 0 Å². The molecule has 12 nitrogen and oxygen atoms in total. The van der Waals surface area contributed by atoms with Gasteiger partial charge in [-0.3, -0.25) is 24.3 Å². The van der Waals surface area contributed by atoms with Gasteiger partial charge in [-0.2, -0.15) is 5.48 Å². The molecule has 13 heteroatoms. The van der Waals surface area contributed by atoms with Crippen molar-refractivity contribution in [2.45, 2.75) is 26.0 Å². The van der Waals surface area contributed by atoms with E-state index >= 15 is 0 Å². The van der Waals surface area contributed by atoms with E-state index in [1.54, 1.807) is 0 Å². The second-order valence-electron chi connectivity index (χ2n) is 6.21. The molecule has 2 aromatic rings. The van der Waals surface area contributed by atoms with E-state index in [0.717, 1.165) is 12.1 Å². The number of nitrogens with one attached hydrogen (secondary N) is 3. The average Bonchev–Trinajstić information content (AvgIpc) is 2.45. The van der Waals surface area contributed by atoms with Crippen LogP contribution in [0.2, 0.25) is 0 Å². The van der Waals surface area contributed by atoms with Crippen molar-refractivity contribution in [1.29, 1.82) is 0 Å². The molecule has 0 radical (unpaired) electrons. The van der Waals surface area contributed by atoms with Crippen LogP contribution in [0.4, 0.5) is 5.69 Å². The number of fused-ring (bicyclic) bond motifs is 1. The monoisotopic (exact) mass is 388 g/mol. The number of hydrogen-bond acceptors (Lipinski definition) is 8. The Morgan fingerprint density at radius 1 is 1.31 bits per heavy atom. The summed E-state index contributed by atoms with van der Waals surface area (Å²) in [6.45, 7) is 2.36. The zero-order valence-corrected chi connectivity index (χ0v) is 14.7. The third-order valence-electron chi connectivity index (χ3n) is 3.17. The van der Waals surface area contributed by atoms with E-state index in [0.29, 0.717) is 0 Å². The number of nitro groups is 1. The number of benzene rings is 1. The Kier molecular flexibility index (Phi) is 5.44. The van der Waals surface area contributed by atoms with E-state index in [1.807, 2.05) is 0 Å². The molecule has 0 bridgehead atoms. The second kappa shape index (κ2) is 7.09. The Bertz CT molecular complexity index is 1010. The maximum atomic E-state index is 11.9. The largest absolute Gasteiger partial charge is 0.390 e. The molecule has 0 fully saturated rings. The summed E-state index contributed by atoms with van der Waals surface area (Å²) in [7, 11) is -4.18. The fraction of sp³-hybridized carbons (Fsp3) is 0.385. The van der Waals surface area contributed by atoms with Crippen LogP contribution >= 0.6 is 7.60 Å². The van der Waals surface area contributed by atoms with Gasteiger partial charge in [0.1, 0.15) is 0 Å². The highest BCUT2D eigenvalue weighted by Crippen LogP contribution is 2.43. The first kappa shape index (κ1) is 19.9. The summed E-state index contributed by atoms with van der Waals surface area (Å²) in [5.41, 5.74) is -1.28. The summed E-state index contributed by atoms with van der Waals surface area (Å²) in [6, 6.07) is 2.19. The number of nitrogens with zero attached hydrogens (tertiary/aromatic N) is 1. The van der Waals surface area contributed by atoms with Crippen LogP contribution in [0.3, 0.4) is 0 Å². The molecule has 0 saturated carbocycles. The van der Waals surface area contributed by atoms with E-state index in [-0.39, 0.29) is 28.8 Å². The molecule has 142 valence electrons. The highest BCUT2D eigenvalue weighted by molar-refractivity contribution is 7.52. The third-order valence-corrected chi connectivity index (χ3v) is 4.75. The minimum Gasteiger partial charge on any atom is -0.390 e. The first-order valence-electron chi connectivity index (χ1n) is 7.27. The topological polar surface area (TPSA) is 188 Å². The van der Waals surface area contributed by atoms with Crippen molar-refractivity contribution in [2.75, 3.05) is 6.16 Å². The predicted molar refractivity (Wildman–Crippen MR) is 90.8 cm³/mol. The van der Waals surface area contributed by atoms with Gasteiger partial charge in [-0.25, -0.2) is 4.62 Å². The number of non-ortho nitro benzene ring substituents is 1. The number of aliphatic hydroxyl groups is 1. The first-order valence-corrected chi connectivity index (χ1v) is 9.03. The van der Waals surface area contributed by atoms with Gasteiger partial charge >= 0.3 is 18.7 Å². The second-order valence-corrected chi connectivity index (χ2v) is 7.99. The fourth-order valence-electron chi connectivity index (χ4n) is 2.26. The number of H-pyrrole nitrogens is 2. The van der Waals surface area contributed by atoms with Gasteiger partial charge < -0.3 is 20.0 Å². The van der Waals surface area contributed by atoms with Crippen LogP contribution in [0.5, 0.6) is 0 Å². The molecule has 1 atom stereocenters. The van der Waals surface area contributed by atoms with Crippen LogP contribution in [0.15, 0.2) is 21.7 Å². The maximum absolute atomic E-state index is 11.9. The summed E-state index contributed by atoms with van der Waals surface area (Å²) in [5, 5.41) is 20.6. The van der Waals surface area contributed by atoms with Gasteiger partial charge in [0.2, 0.25) is 0 Å². The Hall–Kier alpha value is -2.37. The van der Waals surface area contributed by atoms with Gasteiger partial charge in [0.15, 0.2) is 0 Å². The molecular weight excluding hydrogens is 371 g/mol. The lowest BCUT2D eigenvalue weighted by atomic mass is 10.1. The molecule has 0 amide bonds. The quantitative estimate of drug-likeness (QED) is 0.190. The van der Waals surface area contributed by atoms with Crippen molar-refractivity contribution >= 4 is 24.3 Å². The molecule has 26 heavy (non-hydrogen) atoms. The molecule has 0 spiro atoms. The Morgan fingerprint density at radius 2 is 1.92 bits per heavy atom. The van der Waals surface area contributed by atoms with Crippen molar-refractivity contribution in [1.82, 2.24) is 15.4 Å². The molecule has 1 aromatic heterocycles. The lowest BCUT2D eigenvalue weighted by Crippen LogP contribution is -2.29. The van der Waals surface area contributed by atoms with Crippen LogP contribution in [-0.4, -0.2) is 36.7 Å². The van der Waals surface area contributed by atoms with E-state index in [2.05, 4.69) is 20.1 Å². The standard InChI is InChI=1S/C13H17N4O8P/c1-13(2,20)6-26(23,24)25-14-5-7-3-8(17(21)22)4-9-10(7)16-12(19)11(18)15-9/h3-4,14,20H,5-6H2,1-2H3,(H,15,18)(H,16,19)(H,23,24). The molecule has 1 heterocycles. The Labute approximate surface area is 145 Å². The van der Waals surface area contributed by atoms with Gasteiger partial charge in [-0.15, -0.1) is 0 Å².